The summed E-state index contributed by atoms with van der Waals surface area (Å²) in [5.74, 6) is 0. The third-order valence-corrected chi connectivity index (χ3v) is 3.04. The van der Waals surface area contributed by atoms with Crippen LogP contribution in [0.5, 0.6) is 0 Å². The first-order chi connectivity index (χ1) is 9.20. The van der Waals surface area contributed by atoms with E-state index in [-0.39, 0.29) is 5.54 Å². The number of hydrogen-bond acceptors (Lipinski definition) is 6. The SMILES string of the molecule is COCCN(CCOC)C(COC)(COC)COC. The van der Waals surface area contributed by atoms with E-state index in [2.05, 4.69) is 4.90 Å². The maximum Gasteiger partial charge on any atom is 0.0915 e. The summed E-state index contributed by atoms with van der Waals surface area (Å²) in [7, 11) is 8.44. The largest absolute Gasteiger partial charge is 0.383 e. The standard InChI is InChI=1S/C13H29NO5/c1-15-8-6-14(7-9-16-2)13(10-17-3,11-18-4)12-19-5/h6-12H2,1-5H3. The summed E-state index contributed by atoms with van der Waals surface area (Å²) < 4.78 is 26.5. The summed E-state index contributed by atoms with van der Waals surface area (Å²) in [6.07, 6.45) is 0. The molecule has 0 rings (SSSR count). The molecule has 19 heavy (non-hydrogen) atoms. The van der Waals surface area contributed by atoms with Gasteiger partial charge in [-0.3, -0.25) is 4.90 Å². The van der Waals surface area contributed by atoms with Crippen molar-refractivity contribution in [1.29, 1.82) is 0 Å². The molecule has 0 bridgehead atoms. The van der Waals surface area contributed by atoms with Crippen LogP contribution in [0, 0.1) is 0 Å². The lowest BCUT2D eigenvalue weighted by Gasteiger charge is -2.42. The first-order valence-electron chi connectivity index (χ1n) is 6.40. The Morgan fingerprint density at radius 1 is 0.632 bits per heavy atom. The number of rotatable bonds is 13. The highest BCUT2D eigenvalue weighted by atomic mass is 16.5. The molecule has 0 N–H and O–H groups in total. The molecule has 0 aliphatic rings. The van der Waals surface area contributed by atoms with Crippen LogP contribution in [0.25, 0.3) is 0 Å². The summed E-state index contributed by atoms with van der Waals surface area (Å²) in [6, 6.07) is 0. The molecule has 0 saturated carbocycles. The third kappa shape index (κ3) is 6.65. The molecule has 0 aliphatic heterocycles. The lowest BCUT2D eigenvalue weighted by Crippen LogP contribution is -2.59. The molecule has 0 radical (unpaired) electrons. The number of ether oxygens (including phenoxy) is 5. The topological polar surface area (TPSA) is 49.4 Å². The molecule has 0 atom stereocenters. The molecule has 0 aromatic rings. The van der Waals surface area contributed by atoms with Gasteiger partial charge in [-0.15, -0.1) is 0 Å². The second kappa shape index (κ2) is 11.6. The normalized spacial score (nSPS) is 12.3. The molecule has 0 saturated heterocycles. The Bertz CT molecular complexity index is 178. The molecule has 0 aromatic heterocycles. The van der Waals surface area contributed by atoms with Crippen molar-refractivity contribution in [3.63, 3.8) is 0 Å². The zero-order chi connectivity index (χ0) is 14.6. The Hall–Kier alpha value is -0.240. The molecule has 6 nitrogen and oxygen atoms in total. The molecule has 6 heteroatoms. The second-order valence-electron chi connectivity index (χ2n) is 4.50. The van der Waals surface area contributed by atoms with Gasteiger partial charge in [0.05, 0.1) is 38.6 Å². The third-order valence-electron chi connectivity index (χ3n) is 3.04. The smallest absolute Gasteiger partial charge is 0.0915 e. The summed E-state index contributed by atoms with van der Waals surface area (Å²) in [4.78, 5) is 2.25. The fourth-order valence-electron chi connectivity index (χ4n) is 2.19. The van der Waals surface area contributed by atoms with Crippen molar-refractivity contribution in [1.82, 2.24) is 4.90 Å². The number of methoxy groups -OCH3 is 5. The van der Waals surface area contributed by atoms with Crippen molar-refractivity contribution < 1.29 is 23.7 Å². The maximum absolute atomic E-state index is 5.37. The fraction of sp³-hybridized carbons (Fsp3) is 1.00. The van der Waals surface area contributed by atoms with Gasteiger partial charge in [-0.25, -0.2) is 0 Å². The van der Waals surface area contributed by atoms with Crippen molar-refractivity contribution in [2.24, 2.45) is 0 Å². The Morgan fingerprint density at radius 3 is 1.26 bits per heavy atom. The van der Waals surface area contributed by atoms with E-state index in [0.29, 0.717) is 33.0 Å². The molecule has 0 fully saturated rings. The molecule has 0 heterocycles. The van der Waals surface area contributed by atoms with Crippen LogP contribution in [0.15, 0.2) is 0 Å². The van der Waals surface area contributed by atoms with Gasteiger partial charge in [0.1, 0.15) is 0 Å². The Labute approximate surface area is 116 Å². The number of nitrogens with zero attached hydrogens (tertiary/aromatic N) is 1. The van der Waals surface area contributed by atoms with Crippen LogP contribution in [0.2, 0.25) is 0 Å². The van der Waals surface area contributed by atoms with E-state index in [1.807, 2.05) is 0 Å². The molecular formula is C13H29NO5. The van der Waals surface area contributed by atoms with Crippen LogP contribution in [0.1, 0.15) is 0 Å². The highest BCUT2D eigenvalue weighted by Gasteiger charge is 2.37. The van der Waals surface area contributed by atoms with E-state index in [1.54, 1.807) is 35.5 Å². The van der Waals surface area contributed by atoms with Gasteiger partial charge >= 0.3 is 0 Å². The van der Waals surface area contributed by atoms with E-state index in [4.69, 9.17) is 23.7 Å². The van der Waals surface area contributed by atoms with Crippen molar-refractivity contribution in [2.75, 3.05) is 81.7 Å². The van der Waals surface area contributed by atoms with Crippen LogP contribution >= 0.6 is 0 Å². The second-order valence-corrected chi connectivity index (χ2v) is 4.50. The van der Waals surface area contributed by atoms with Crippen LogP contribution in [0.3, 0.4) is 0 Å². The van der Waals surface area contributed by atoms with Crippen LogP contribution in [-0.2, 0) is 23.7 Å². The average molecular weight is 279 g/mol. The van der Waals surface area contributed by atoms with Gasteiger partial charge in [0.2, 0.25) is 0 Å². The minimum Gasteiger partial charge on any atom is -0.383 e. The molecule has 0 amide bonds. The summed E-state index contributed by atoms with van der Waals surface area (Å²) in [5, 5.41) is 0. The molecular weight excluding hydrogens is 250 g/mol. The zero-order valence-electron chi connectivity index (χ0n) is 12.9. The van der Waals surface area contributed by atoms with Gasteiger partial charge in [0.15, 0.2) is 0 Å². The Balaban J connectivity index is 4.91. The first-order valence-corrected chi connectivity index (χ1v) is 6.40. The van der Waals surface area contributed by atoms with Gasteiger partial charge < -0.3 is 23.7 Å². The first kappa shape index (κ1) is 18.8. The quantitative estimate of drug-likeness (QED) is 0.482. The number of hydrogen-bond donors (Lipinski definition) is 0. The zero-order valence-corrected chi connectivity index (χ0v) is 12.9. The molecule has 0 aliphatic carbocycles. The van der Waals surface area contributed by atoms with Crippen molar-refractivity contribution in [2.45, 2.75) is 5.54 Å². The van der Waals surface area contributed by atoms with E-state index in [9.17, 15) is 0 Å². The Kier molecular flexibility index (Phi) is 11.4. The molecule has 0 aromatic carbocycles. The summed E-state index contributed by atoms with van der Waals surface area (Å²) in [6.45, 7) is 4.42. The fourth-order valence-corrected chi connectivity index (χ4v) is 2.19. The van der Waals surface area contributed by atoms with Crippen molar-refractivity contribution >= 4 is 0 Å². The van der Waals surface area contributed by atoms with E-state index >= 15 is 0 Å². The monoisotopic (exact) mass is 279 g/mol. The molecule has 0 spiro atoms. The van der Waals surface area contributed by atoms with Gasteiger partial charge in [0.25, 0.3) is 0 Å². The van der Waals surface area contributed by atoms with E-state index < -0.39 is 0 Å². The highest BCUT2D eigenvalue weighted by molar-refractivity contribution is 4.91. The van der Waals surface area contributed by atoms with Crippen LogP contribution < -0.4 is 0 Å². The van der Waals surface area contributed by atoms with Gasteiger partial charge in [0, 0.05) is 48.6 Å². The van der Waals surface area contributed by atoms with Crippen molar-refractivity contribution in [3.8, 4) is 0 Å². The average Bonchev–Trinajstić information content (AvgIpc) is 2.39. The lowest BCUT2D eigenvalue weighted by atomic mass is 10.00. The highest BCUT2D eigenvalue weighted by Crippen LogP contribution is 2.18. The molecule has 116 valence electrons. The van der Waals surface area contributed by atoms with Crippen LogP contribution in [-0.4, -0.2) is 92.1 Å². The predicted molar refractivity (Wildman–Crippen MR) is 73.7 cm³/mol. The summed E-state index contributed by atoms with van der Waals surface area (Å²) in [5.41, 5.74) is -0.324. The summed E-state index contributed by atoms with van der Waals surface area (Å²) >= 11 is 0. The Morgan fingerprint density at radius 2 is 1.00 bits per heavy atom. The van der Waals surface area contributed by atoms with Gasteiger partial charge in [-0.1, -0.05) is 0 Å². The van der Waals surface area contributed by atoms with Gasteiger partial charge in [-0.05, 0) is 0 Å². The predicted octanol–water partition coefficient (Wildman–Crippen LogP) is 0.259. The maximum atomic E-state index is 5.37. The van der Waals surface area contributed by atoms with Gasteiger partial charge in [-0.2, -0.15) is 0 Å². The van der Waals surface area contributed by atoms with Crippen LogP contribution in [0.4, 0.5) is 0 Å². The minimum atomic E-state index is -0.324. The minimum absolute atomic E-state index is 0.324. The lowest BCUT2D eigenvalue weighted by molar-refractivity contribution is -0.0872. The van der Waals surface area contributed by atoms with Crippen molar-refractivity contribution in [3.05, 3.63) is 0 Å². The van der Waals surface area contributed by atoms with E-state index in [0.717, 1.165) is 13.1 Å². The molecule has 0 unspecified atom stereocenters. The van der Waals surface area contributed by atoms with E-state index in [1.165, 1.54) is 0 Å².